The molecule has 0 saturated carbocycles. The number of thiazole rings is 1. The highest BCUT2D eigenvalue weighted by Gasteiger charge is 2.25. The molecule has 6 heteroatoms. The molecule has 0 radical (unpaired) electrons. The number of aromatic nitrogens is 1. The number of anilines is 1. The van der Waals surface area contributed by atoms with Crippen molar-refractivity contribution in [3.63, 3.8) is 0 Å². The first-order chi connectivity index (χ1) is 10.2. The third kappa shape index (κ3) is 3.20. The molecule has 2 aromatic rings. The molecule has 21 heavy (non-hydrogen) atoms. The van der Waals surface area contributed by atoms with Gasteiger partial charge in [0.15, 0.2) is 5.13 Å². The van der Waals surface area contributed by atoms with E-state index in [9.17, 15) is 4.79 Å². The Bertz CT molecular complexity index is 652. The zero-order valence-electron chi connectivity index (χ0n) is 11.8. The van der Waals surface area contributed by atoms with Crippen LogP contribution in [0.15, 0.2) is 18.2 Å². The smallest absolute Gasteiger partial charge is 0.228 e. The number of carbonyl (C=O) groups is 1. The van der Waals surface area contributed by atoms with E-state index in [4.69, 9.17) is 16.3 Å². The SMILES string of the molecule is CCC(=O)N(CC1CCCO1)c1nc2ccc(Cl)cc2s1. The lowest BCUT2D eigenvalue weighted by molar-refractivity contribution is -0.118. The minimum atomic E-state index is 0.0793. The van der Waals surface area contributed by atoms with Crippen LogP contribution in [0.25, 0.3) is 10.2 Å². The average molecular weight is 325 g/mol. The molecule has 1 aromatic carbocycles. The van der Waals surface area contributed by atoms with Gasteiger partial charge in [-0.25, -0.2) is 4.98 Å². The molecule has 1 atom stereocenters. The van der Waals surface area contributed by atoms with E-state index >= 15 is 0 Å². The topological polar surface area (TPSA) is 42.4 Å². The van der Waals surface area contributed by atoms with Gasteiger partial charge in [-0.3, -0.25) is 9.69 Å². The fourth-order valence-electron chi connectivity index (χ4n) is 2.47. The van der Waals surface area contributed by atoms with E-state index < -0.39 is 0 Å². The van der Waals surface area contributed by atoms with Gasteiger partial charge in [0.25, 0.3) is 0 Å². The van der Waals surface area contributed by atoms with Crippen LogP contribution >= 0.6 is 22.9 Å². The largest absolute Gasteiger partial charge is 0.376 e. The Morgan fingerprint density at radius 2 is 2.43 bits per heavy atom. The molecule has 1 aromatic heterocycles. The van der Waals surface area contributed by atoms with E-state index in [1.807, 2.05) is 25.1 Å². The standard InChI is InChI=1S/C15H17ClN2O2S/c1-2-14(19)18(9-11-4-3-7-20-11)15-17-12-6-5-10(16)8-13(12)21-15/h5-6,8,11H,2-4,7,9H2,1H3. The molecule has 1 aliphatic heterocycles. The quantitative estimate of drug-likeness (QED) is 0.857. The lowest BCUT2D eigenvalue weighted by Crippen LogP contribution is -2.37. The van der Waals surface area contributed by atoms with Gasteiger partial charge in [0.2, 0.25) is 5.91 Å². The van der Waals surface area contributed by atoms with Crippen molar-refractivity contribution >= 4 is 44.2 Å². The Labute approximate surface area is 132 Å². The molecule has 0 aliphatic carbocycles. The first kappa shape index (κ1) is 14.8. The summed E-state index contributed by atoms with van der Waals surface area (Å²) in [6, 6.07) is 5.59. The van der Waals surface area contributed by atoms with Crippen molar-refractivity contribution in [1.29, 1.82) is 0 Å². The maximum atomic E-state index is 12.3. The van der Waals surface area contributed by atoms with E-state index in [1.54, 1.807) is 4.90 Å². The van der Waals surface area contributed by atoms with Crippen molar-refractivity contribution < 1.29 is 9.53 Å². The molecule has 1 aliphatic rings. The molecule has 0 N–H and O–H groups in total. The van der Waals surface area contributed by atoms with Crippen LogP contribution in [-0.2, 0) is 9.53 Å². The van der Waals surface area contributed by atoms with Gasteiger partial charge in [-0.05, 0) is 31.0 Å². The van der Waals surface area contributed by atoms with Crippen molar-refractivity contribution in [1.82, 2.24) is 4.98 Å². The highest BCUT2D eigenvalue weighted by Crippen LogP contribution is 2.31. The van der Waals surface area contributed by atoms with Gasteiger partial charge in [-0.1, -0.05) is 29.9 Å². The Hall–Kier alpha value is -1.17. The number of fused-ring (bicyclic) bond motifs is 1. The van der Waals surface area contributed by atoms with E-state index in [2.05, 4.69) is 4.98 Å². The summed E-state index contributed by atoms with van der Waals surface area (Å²) >= 11 is 7.51. The van der Waals surface area contributed by atoms with Gasteiger partial charge < -0.3 is 4.74 Å². The summed E-state index contributed by atoms with van der Waals surface area (Å²) in [6.45, 7) is 3.24. The Balaban J connectivity index is 1.90. The third-order valence-corrected chi connectivity index (χ3v) is 4.86. The minimum Gasteiger partial charge on any atom is -0.376 e. The second kappa shape index (κ2) is 6.30. The molecule has 4 nitrogen and oxygen atoms in total. The summed E-state index contributed by atoms with van der Waals surface area (Å²) in [5.74, 6) is 0.0793. The number of ether oxygens (including phenoxy) is 1. The second-order valence-electron chi connectivity index (χ2n) is 5.10. The summed E-state index contributed by atoms with van der Waals surface area (Å²) in [6.07, 6.45) is 2.65. The Kier molecular flexibility index (Phi) is 4.42. The first-order valence-electron chi connectivity index (χ1n) is 7.15. The molecule has 112 valence electrons. The number of hydrogen-bond donors (Lipinski definition) is 0. The zero-order valence-corrected chi connectivity index (χ0v) is 13.4. The highest BCUT2D eigenvalue weighted by molar-refractivity contribution is 7.22. The summed E-state index contributed by atoms with van der Waals surface area (Å²) in [4.78, 5) is 18.6. The van der Waals surface area contributed by atoms with Crippen LogP contribution in [0.5, 0.6) is 0 Å². The van der Waals surface area contributed by atoms with Crippen LogP contribution in [0, 0.1) is 0 Å². The number of halogens is 1. The molecule has 2 heterocycles. The fraction of sp³-hybridized carbons (Fsp3) is 0.467. The Morgan fingerprint density at radius 3 is 3.14 bits per heavy atom. The number of rotatable bonds is 4. The lowest BCUT2D eigenvalue weighted by Gasteiger charge is -2.22. The van der Waals surface area contributed by atoms with Gasteiger partial charge in [0.05, 0.1) is 22.9 Å². The van der Waals surface area contributed by atoms with E-state index in [0.29, 0.717) is 18.0 Å². The fourth-order valence-corrected chi connectivity index (χ4v) is 3.74. The van der Waals surface area contributed by atoms with E-state index in [1.165, 1.54) is 11.3 Å². The van der Waals surface area contributed by atoms with Crippen LogP contribution in [0.1, 0.15) is 26.2 Å². The predicted molar refractivity (Wildman–Crippen MR) is 86.2 cm³/mol. The van der Waals surface area contributed by atoms with Crippen LogP contribution in [0.2, 0.25) is 5.02 Å². The van der Waals surface area contributed by atoms with Gasteiger partial charge in [0.1, 0.15) is 0 Å². The van der Waals surface area contributed by atoms with Crippen LogP contribution in [-0.4, -0.2) is 30.1 Å². The summed E-state index contributed by atoms with van der Waals surface area (Å²) in [5.41, 5.74) is 0.876. The van der Waals surface area contributed by atoms with Gasteiger partial charge in [0, 0.05) is 18.1 Å². The average Bonchev–Trinajstić information content (AvgIpc) is 3.12. The molecule has 1 unspecified atom stereocenters. The lowest BCUT2D eigenvalue weighted by atomic mass is 10.2. The van der Waals surface area contributed by atoms with E-state index in [-0.39, 0.29) is 12.0 Å². The summed E-state index contributed by atoms with van der Waals surface area (Å²) in [5, 5.41) is 1.42. The van der Waals surface area contributed by atoms with Crippen LogP contribution in [0.4, 0.5) is 5.13 Å². The van der Waals surface area contributed by atoms with Crippen molar-refractivity contribution in [3.05, 3.63) is 23.2 Å². The van der Waals surface area contributed by atoms with Crippen molar-refractivity contribution in [2.45, 2.75) is 32.3 Å². The molecule has 3 rings (SSSR count). The van der Waals surface area contributed by atoms with Gasteiger partial charge in [-0.15, -0.1) is 0 Å². The molecule has 0 spiro atoms. The number of carbonyl (C=O) groups excluding carboxylic acids is 1. The van der Waals surface area contributed by atoms with E-state index in [0.717, 1.165) is 34.8 Å². The number of benzene rings is 1. The predicted octanol–water partition coefficient (Wildman–Crippen LogP) is 3.87. The number of hydrogen-bond acceptors (Lipinski definition) is 4. The minimum absolute atomic E-state index is 0.0793. The van der Waals surface area contributed by atoms with Gasteiger partial charge >= 0.3 is 0 Å². The summed E-state index contributed by atoms with van der Waals surface area (Å²) in [7, 11) is 0. The molecular formula is C15H17ClN2O2S. The maximum absolute atomic E-state index is 12.3. The molecule has 1 saturated heterocycles. The zero-order chi connectivity index (χ0) is 14.8. The van der Waals surface area contributed by atoms with Gasteiger partial charge in [-0.2, -0.15) is 0 Å². The monoisotopic (exact) mass is 324 g/mol. The van der Waals surface area contributed by atoms with Crippen molar-refractivity contribution in [2.24, 2.45) is 0 Å². The normalized spacial score (nSPS) is 18.3. The van der Waals surface area contributed by atoms with Crippen LogP contribution < -0.4 is 4.90 Å². The first-order valence-corrected chi connectivity index (χ1v) is 8.35. The van der Waals surface area contributed by atoms with Crippen LogP contribution in [0.3, 0.4) is 0 Å². The number of nitrogens with zero attached hydrogens (tertiary/aromatic N) is 2. The van der Waals surface area contributed by atoms with Crippen molar-refractivity contribution in [2.75, 3.05) is 18.1 Å². The Morgan fingerprint density at radius 1 is 1.57 bits per heavy atom. The second-order valence-corrected chi connectivity index (χ2v) is 6.55. The molecule has 0 bridgehead atoms. The maximum Gasteiger partial charge on any atom is 0.228 e. The molecule has 1 amide bonds. The molecular weight excluding hydrogens is 308 g/mol. The number of amides is 1. The molecule has 1 fully saturated rings. The third-order valence-electron chi connectivity index (χ3n) is 3.58. The summed E-state index contributed by atoms with van der Waals surface area (Å²) < 4.78 is 6.65. The van der Waals surface area contributed by atoms with Crippen molar-refractivity contribution in [3.8, 4) is 0 Å². The highest BCUT2D eigenvalue weighted by atomic mass is 35.5.